The monoisotopic (exact) mass is 292 g/mol. The minimum atomic E-state index is -0.166. The van der Waals surface area contributed by atoms with E-state index in [2.05, 4.69) is 0 Å². The van der Waals surface area contributed by atoms with Crippen molar-refractivity contribution in [1.82, 2.24) is 4.90 Å². The summed E-state index contributed by atoms with van der Waals surface area (Å²) in [6.07, 6.45) is 1.53. The maximum atomic E-state index is 12.5. The first-order valence-corrected chi connectivity index (χ1v) is 7.14. The average Bonchev–Trinajstić information content (AvgIpc) is 2.42. The van der Waals surface area contributed by atoms with Gasteiger partial charge in [-0.05, 0) is 31.4 Å². The van der Waals surface area contributed by atoms with Gasteiger partial charge in [0.05, 0.1) is 10.6 Å². The molecular formula is C15H20N2O2S. The van der Waals surface area contributed by atoms with Gasteiger partial charge in [-0.25, -0.2) is 0 Å². The number of phenolic OH excluding ortho intramolecular Hbond substituents is 1. The fourth-order valence-electron chi connectivity index (χ4n) is 2.45. The van der Waals surface area contributed by atoms with Crippen LogP contribution in [0.5, 0.6) is 5.75 Å². The molecule has 1 saturated heterocycles. The number of hydrogen-bond acceptors (Lipinski definition) is 3. The van der Waals surface area contributed by atoms with Gasteiger partial charge >= 0.3 is 0 Å². The van der Waals surface area contributed by atoms with Gasteiger partial charge in [0.25, 0.3) is 5.91 Å². The Kier molecular flexibility index (Phi) is 3.99. The van der Waals surface area contributed by atoms with Gasteiger partial charge in [0.2, 0.25) is 0 Å². The van der Waals surface area contributed by atoms with E-state index in [0.29, 0.717) is 29.2 Å². The van der Waals surface area contributed by atoms with Crippen LogP contribution >= 0.6 is 12.2 Å². The van der Waals surface area contributed by atoms with Crippen molar-refractivity contribution in [3.8, 4) is 5.75 Å². The Morgan fingerprint density at radius 2 is 2.00 bits per heavy atom. The molecule has 0 aromatic heterocycles. The maximum Gasteiger partial charge on any atom is 0.257 e. The van der Waals surface area contributed by atoms with Gasteiger partial charge in [0, 0.05) is 18.5 Å². The van der Waals surface area contributed by atoms with Crippen molar-refractivity contribution in [3.05, 3.63) is 29.3 Å². The number of likely N-dealkylation sites (tertiary alicyclic amines) is 1. The van der Waals surface area contributed by atoms with Crippen LogP contribution in [0.2, 0.25) is 0 Å². The molecule has 1 aromatic rings. The molecule has 108 valence electrons. The molecule has 20 heavy (non-hydrogen) atoms. The normalized spacial score (nSPS) is 17.8. The summed E-state index contributed by atoms with van der Waals surface area (Å²) < 4.78 is 0. The maximum absolute atomic E-state index is 12.5. The molecule has 0 unspecified atom stereocenters. The lowest BCUT2D eigenvalue weighted by Gasteiger charge is -2.38. The highest BCUT2D eigenvalue weighted by Crippen LogP contribution is 2.32. The molecule has 1 aliphatic rings. The molecule has 0 bridgehead atoms. The number of aryl methyl sites for hydroxylation is 1. The second-order valence-corrected chi connectivity index (χ2v) is 6.13. The molecule has 1 amide bonds. The largest absolute Gasteiger partial charge is 0.507 e. The van der Waals surface area contributed by atoms with Crippen molar-refractivity contribution < 1.29 is 9.90 Å². The highest BCUT2D eigenvalue weighted by Gasteiger charge is 2.34. The zero-order valence-electron chi connectivity index (χ0n) is 11.8. The number of hydrogen-bond donors (Lipinski definition) is 2. The number of thiocarbonyl (C=S) groups is 1. The standard InChI is InChI=1S/C15H20N2O2S/c1-10-4-3-5-11(12(10)18)13(19)17-8-6-15(2,7-9-17)14(16)20/h3-5,18H,6-9H2,1-2H3,(H2,16,20). The summed E-state index contributed by atoms with van der Waals surface area (Å²) in [7, 11) is 0. The Labute approximate surface area is 124 Å². The second-order valence-electron chi connectivity index (χ2n) is 5.69. The average molecular weight is 292 g/mol. The van der Waals surface area contributed by atoms with Crippen LogP contribution in [-0.2, 0) is 0 Å². The molecule has 0 saturated carbocycles. The van der Waals surface area contributed by atoms with Gasteiger partial charge < -0.3 is 15.7 Å². The van der Waals surface area contributed by atoms with Crippen molar-refractivity contribution in [2.45, 2.75) is 26.7 Å². The van der Waals surface area contributed by atoms with Crippen LogP contribution < -0.4 is 5.73 Å². The Hall–Kier alpha value is -1.62. The number of phenols is 1. The molecular weight excluding hydrogens is 272 g/mol. The van der Waals surface area contributed by atoms with Gasteiger partial charge in [0.1, 0.15) is 5.75 Å². The van der Waals surface area contributed by atoms with Crippen LogP contribution in [0.3, 0.4) is 0 Å². The number of nitrogens with zero attached hydrogens (tertiary/aromatic N) is 1. The van der Waals surface area contributed by atoms with Crippen molar-refractivity contribution in [3.63, 3.8) is 0 Å². The van der Waals surface area contributed by atoms with Crippen LogP contribution in [0.1, 0.15) is 35.7 Å². The van der Waals surface area contributed by atoms with E-state index < -0.39 is 0 Å². The minimum Gasteiger partial charge on any atom is -0.507 e. The van der Waals surface area contributed by atoms with E-state index in [-0.39, 0.29) is 17.1 Å². The molecule has 1 fully saturated rings. The van der Waals surface area contributed by atoms with Crippen LogP contribution in [0, 0.1) is 12.3 Å². The van der Waals surface area contributed by atoms with Crippen molar-refractivity contribution in [2.75, 3.05) is 13.1 Å². The van der Waals surface area contributed by atoms with E-state index in [1.165, 1.54) is 0 Å². The van der Waals surface area contributed by atoms with E-state index in [1.54, 1.807) is 30.0 Å². The summed E-state index contributed by atoms with van der Waals surface area (Å²) in [4.78, 5) is 14.7. The Morgan fingerprint density at radius 1 is 1.40 bits per heavy atom. The number of para-hydroxylation sites is 1. The molecule has 1 aromatic carbocycles. The molecule has 5 heteroatoms. The SMILES string of the molecule is Cc1cccc(C(=O)N2CCC(C)(C(N)=S)CC2)c1O. The smallest absolute Gasteiger partial charge is 0.257 e. The number of aromatic hydroxyl groups is 1. The number of piperidine rings is 1. The number of carbonyl (C=O) groups is 1. The van der Waals surface area contributed by atoms with Crippen LogP contribution in [0.15, 0.2) is 18.2 Å². The molecule has 3 N–H and O–H groups in total. The van der Waals surface area contributed by atoms with Crippen LogP contribution in [0.4, 0.5) is 0 Å². The molecule has 1 heterocycles. The number of amides is 1. The summed E-state index contributed by atoms with van der Waals surface area (Å²) in [6.45, 7) is 5.05. The molecule has 0 radical (unpaired) electrons. The summed E-state index contributed by atoms with van der Waals surface area (Å²) in [5, 5.41) is 10.0. The predicted octanol–water partition coefficient (Wildman–Crippen LogP) is 2.23. The molecule has 1 aliphatic heterocycles. The molecule has 2 rings (SSSR count). The molecule has 0 aliphatic carbocycles. The van der Waals surface area contributed by atoms with Crippen LogP contribution in [-0.4, -0.2) is 34.0 Å². The number of rotatable bonds is 2. The Bertz CT molecular complexity index is 549. The topological polar surface area (TPSA) is 66.6 Å². The second kappa shape index (κ2) is 5.40. The summed E-state index contributed by atoms with van der Waals surface area (Å²) in [5.74, 6) is -0.0589. The first-order valence-electron chi connectivity index (χ1n) is 6.73. The molecule has 0 atom stereocenters. The minimum absolute atomic E-state index is 0.0696. The molecule has 4 nitrogen and oxygen atoms in total. The van der Waals surface area contributed by atoms with Crippen molar-refractivity contribution in [1.29, 1.82) is 0 Å². The fourth-order valence-corrected chi connectivity index (χ4v) is 2.66. The highest BCUT2D eigenvalue weighted by molar-refractivity contribution is 7.80. The lowest BCUT2D eigenvalue weighted by molar-refractivity contribution is 0.0667. The number of benzene rings is 1. The highest BCUT2D eigenvalue weighted by atomic mass is 32.1. The van der Waals surface area contributed by atoms with Crippen LogP contribution in [0.25, 0.3) is 0 Å². The zero-order chi connectivity index (χ0) is 14.9. The Morgan fingerprint density at radius 3 is 2.55 bits per heavy atom. The first-order chi connectivity index (χ1) is 9.35. The number of nitrogens with two attached hydrogens (primary N) is 1. The summed E-state index contributed by atoms with van der Waals surface area (Å²) in [6, 6.07) is 5.23. The third-order valence-corrected chi connectivity index (χ3v) is 4.71. The lowest BCUT2D eigenvalue weighted by atomic mass is 9.80. The quantitative estimate of drug-likeness (QED) is 0.820. The van der Waals surface area contributed by atoms with Gasteiger partial charge in [-0.1, -0.05) is 31.3 Å². The number of carbonyl (C=O) groups excluding carboxylic acids is 1. The van der Waals surface area contributed by atoms with E-state index >= 15 is 0 Å². The summed E-state index contributed by atoms with van der Waals surface area (Å²) >= 11 is 5.10. The lowest BCUT2D eigenvalue weighted by Crippen LogP contribution is -2.46. The van der Waals surface area contributed by atoms with E-state index in [4.69, 9.17) is 18.0 Å². The third-order valence-electron chi connectivity index (χ3n) is 4.22. The first kappa shape index (κ1) is 14.8. The van der Waals surface area contributed by atoms with Crippen molar-refractivity contribution >= 4 is 23.1 Å². The molecule has 0 spiro atoms. The van der Waals surface area contributed by atoms with Crippen molar-refractivity contribution in [2.24, 2.45) is 11.1 Å². The fraction of sp³-hybridized carbons (Fsp3) is 0.467. The van der Waals surface area contributed by atoms with E-state index in [1.807, 2.05) is 6.92 Å². The van der Waals surface area contributed by atoms with E-state index in [9.17, 15) is 9.90 Å². The third kappa shape index (κ3) is 2.63. The van der Waals surface area contributed by atoms with E-state index in [0.717, 1.165) is 12.8 Å². The van der Waals surface area contributed by atoms with Gasteiger partial charge in [0.15, 0.2) is 0 Å². The summed E-state index contributed by atoms with van der Waals surface area (Å²) in [5.41, 5.74) is 6.67. The van der Waals surface area contributed by atoms with Gasteiger partial charge in [-0.3, -0.25) is 4.79 Å². The van der Waals surface area contributed by atoms with Gasteiger partial charge in [-0.2, -0.15) is 0 Å². The van der Waals surface area contributed by atoms with Gasteiger partial charge in [-0.15, -0.1) is 0 Å². The zero-order valence-corrected chi connectivity index (χ0v) is 12.7. The predicted molar refractivity (Wildman–Crippen MR) is 82.9 cm³/mol. The Balaban J connectivity index is 2.13.